The first kappa shape index (κ1) is 15.4. The highest BCUT2D eigenvalue weighted by Gasteiger charge is 2.28. The molecule has 1 saturated heterocycles. The molecule has 0 amide bonds. The summed E-state index contributed by atoms with van der Waals surface area (Å²) in [5.74, 6) is -0.163. The van der Waals surface area contributed by atoms with E-state index in [1.54, 1.807) is 7.05 Å². The summed E-state index contributed by atoms with van der Waals surface area (Å²) >= 11 is 0. The molecule has 1 rings (SSSR count). The topological polar surface area (TPSA) is 50.8 Å². The lowest BCUT2D eigenvalue weighted by atomic mass is 10.1. The molecule has 106 valence electrons. The highest BCUT2D eigenvalue weighted by atomic mass is 16.5. The molecule has 1 aliphatic heterocycles. The minimum atomic E-state index is -0.218. The van der Waals surface area contributed by atoms with Gasteiger partial charge in [0.1, 0.15) is 6.04 Å². The second kappa shape index (κ2) is 7.71. The fourth-order valence-corrected chi connectivity index (χ4v) is 2.42. The monoisotopic (exact) mass is 258 g/mol. The van der Waals surface area contributed by atoms with Crippen LogP contribution in [0.3, 0.4) is 0 Å². The van der Waals surface area contributed by atoms with E-state index in [0.717, 1.165) is 26.0 Å². The second-order valence-corrected chi connectivity index (χ2v) is 4.79. The predicted octanol–water partition coefficient (Wildman–Crippen LogP) is 0.637. The highest BCUT2D eigenvalue weighted by molar-refractivity contribution is 5.75. The number of likely N-dealkylation sites (N-methyl/N-ethyl adjacent to an activating group) is 2. The Balaban J connectivity index is 2.35. The third-order valence-electron chi connectivity index (χ3n) is 3.59. The number of ether oxygens (including phenoxy) is 2. The van der Waals surface area contributed by atoms with Crippen molar-refractivity contribution in [1.29, 1.82) is 0 Å². The van der Waals surface area contributed by atoms with E-state index in [-0.39, 0.29) is 18.1 Å². The van der Waals surface area contributed by atoms with Gasteiger partial charge in [-0.25, -0.2) is 0 Å². The van der Waals surface area contributed by atoms with Gasteiger partial charge < -0.3 is 19.7 Å². The van der Waals surface area contributed by atoms with Gasteiger partial charge in [-0.15, -0.1) is 0 Å². The number of hydrogen-bond donors (Lipinski definition) is 1. The van der Waals surface area contributed by atoms with E-state index >= 15 is 0 Å². The number of nitrogens with zero attached hydrogens (tertiary/aromatic N) is 1. The Morgan fingerprint density at radius 2 is 2.33 bits per heavy atom. The first-order valence-electron chi connectivity index (χ1n) is 6.75. The molecule has 0 aromatic heterocycles. The largest absolute Gasteiger partial charge is 0.465 e. The fraction of sp³-hybridized carbons (Fsp3) is 0.923. The SMILES string of the molecule is CCOC(=O)C(CCN(C)C1CCOC1C)NC. The number of hydrogen-bond acceptors (Lipinski definition) is 5. The zero-order chi connectivity index (χ0) is 13.5. The van der Waals surface area contributed by atoms with Crippen molar-refractivity contribution in [2.75, 3.05) is 33.9 Å². The summed E-state index contributed by atoms with van der Waals surface area (Å²) in [4.78, 5) is 13.9. The number of nitrogens with one attached hydrogen (secondary N) is 1. The van der Waals surface area contributed by atoms with Gasteiger partial charge in [-0.3, -0.25) is 4.79 Å². The van der Waals surface area contributed by atoms with Gasteiger partial charge >= 0.3 is 5.97 Å². The van der Waals surface area contributed by atoms with Crippen LogP contribution >= 0.6 is 0 Å². The number of esters is 1. The van der Waals surface area contributed by atoms with E-state index in [9.17, 15) is 4.79 Å². The molecule has 1 fully saturated rings. The molecule has 3 atom stereocenters. The maximum Gasteiger partial charge on any atom is 0.323 e. The minimum absolute atomic E-state index is 0.163. The summed E-state index contributed by atoms with van der Waals surface area (Å²) in [6.07, 6.45) is 2.11. The highest BCUT2D eigenvalue weighted by Crippen LogP contribution is 2.18. The Kier molecular flexibility index (Phi) is 6.60. The van der Waals surface area contributed by atoms with Crippen molar-refractivity contribution in [3.8, 4) is 0 Å². The van der Waals surface area contributed by atoms with Gasteiger partial charge in [-0.1, -0.05) is 0 Å². The van der Waals surface area contributed by atoms with Crippen molar-refractivity contribution < 1.29 is 14.3 Å². The van der Waals surface area contributed by atoms with Crippen LogP contribution in [0.15, 0.2) is 0 Å². The van der Waals surface area contributed by atoms with Gasteiger partial charge in [0.15, 0.2) is 0 Å². The molecule has 0 aromatic rings. The van der Waals surface area contributed by atoms with Crippen LogP contribution in [-0.2, 0) is 14.3 Å². The molecular weight excluding hydrogens is 232 g/mol. The summed E-state index contributed by atoms with van der Waals surface area (Å²) in [6, 6.07) is 0.245. The molecule has 1 heterocycles. The normalized spacial score (nSPS) is 25.4. The molecular formula is C13H26N2O3. The fourth-order valence-electron chi connectivity index (χ4n) is 2.42. The summed E-state index contributed by atoms with van der Waals surface area (Å²) in [6.45, 7) is 6.07. The maximum absolute atomic E-state index is 11.6. The third kappa shape index (κ3) is 4.23. The van der Waals surface area contributed by atoms with Crippen LogP contribution in [0.25, 0.3) is 0 Å². The first-order chi connectivity index (χ1) is 8.60. The molecule has 0 aliphatic carbocycles. The average molecular weight is 258 g/mol. The van der Waals surface area contributed by atoms with Crippen LogP contribution in [-0.4, -0.2) is 62.9 Å². The second-order valence-electron chi connectivity index (χ2n) is 4.79. The van der Waals surface area contributed by atoms with E-state index in [4.69, 9.17) is 9.47 Å². The zero-order valence-corrected chi connectivity index (χ0v) is 11.9. The van der Waals surface area contributed by atoms with E-state index in [2.05, 4.69) is 24.2 Å². The van der Waals surface area contributed by atoms with Gasteiger partial charge in [0, 0.05) is 19.2 Å². The number of carbonyl (C=O) groups is 1. The quantitative estimate of drug-likeness (QED) is 0.679. The zero-order valence-electron chi connectivity index (χ0n) is 11.9. The molecule has 0 saturated carbocycles. The Labute approximate surface area is 110 Å². The van der Waals surface area contributed by atoms with E-state index in [0.29, 0.717) is 12.6 Å². The van der Waals surface area contributed by atoms with Crippen LogP contribution in [0.5, 0.6) is 0 Å². The van der Waals surface area contributed by atoms with Gasteiger partial charge in [0.25, 0.3) is 0 Å². The van der Waals surface area contributed by atoms with Gasteiger partial charge in [-0.2, -0.15) is 0 Å². The van der Waals surface area contributed by atoms with Crippen molar-refractivity contribution in [2.45, 2.75) is 44.9 Å². The molecule has 5 heteroatoms. The Morgan fingerprint density at radius 1 is 1.61 bits per heavy atom. The van der Waals surface area contributed by atoms with Crippen LogP contribution in [0, 0.1) is 0 Å². The van der Waals surface area contributed by atoms with Crippen molar-refractivity contribution in [3.05, 3.63) is 0 Å². The number of rotatable bonds is 7. The lowest BCUT2D eigenvalue weighted by molar-refractivity contribution is -0.145. The average Bonchev–Trinajstić information content (AvgIpc) is 2.76. The van der Waals surface area contributed by atoms with E-state index < -0.39 is 0 Å². The van der Waals surface area contributed by atoms with Gasteiger partial charge in [0.05, 0.1) is 12.7 Å². The van der Waals surface area contributed by atoms with Crippen molar-refractivity contribution in [1.82, 2.24) is 10.2 Å². The molecule has 0 spiro atoms. The Bertz CT molecular complexity index is 261. The summed E-state index contributed by atoms with van der Waals surface area (Å²) < 4.78 is 10.6. The smallest absolute Gasteiger partial charge is 0.323 e. The molecule has 18 heavy (non-hydrogen) atoms. The standard InChI is InChI=1S/C13H26N2O3/c1-5-17-13(16)11(14-3)6-8-15(4)12-7-9-18-10(12)2/h10-12,14H,5-9H2,1-4H3. The van der Waals surface area contributed by atoms with Crippen molar-refractivity contribution >= 4 is 5.97 Å². The Hall–Kier alpha value is -0.650. The molecule has 1 N–H and O–H groups in total. The summed E-state index contributed by atoms with van der Waals surface area (Å²) in [5, 5.41) is 3.01. The minimum Gasteiger partial charge on any atom is -0.465 e. The van der Waals surface area contributed by atoms with Crippen LogP contribution in [0.4, 0.5) is 0 Å². The van der Waals surface area contributed by atoms with Gasteiger partial charge in [0.2, 0.25) is 0 Å². The van der Waals surface area contributed by atoms with Crippen LogP contribution in [0.1, 0.15) is 26.7 Å². The lowest BCUT2D eigenvalue weighted by Gasteiger charge is -2.27. The summed E-state index contributed by atoms with van der Waals surface area (Å²) in [7, 11) is 3.89. The van der Waals surface area contributed by atoms with E-state index in [1.165, 1.54) is 0 Å². The van der Waals surface area contributed by atoms with Crippen LogP contribution in [0.2, 0.25) is 0 Å². The molecule has 3 unspecified atom stereocenters. The number of carbonyl (C=O) groups excluding carboxylic acids is 1. The molecule has 0 bridgehead atoms. The first-order valence-corrected chi connectivity index (χ1v) is 6.75. The molecule has 1 aliphatic rings. The third-order valence-corrected chi connectivity index (χ3v) is 3.59. The summed E-state index contributed by atoms with van der Waals surface area (Å²) in [5.41, 5.74) is 0. The van der Waals surface area contributed by atoms with Crippen molar-refractivity contribution in [2.24, 2.45) is 0 Å². The predicted molar refractivity (Wildman–Crippen MR) is 70.5 cm³/mol. The van der Waals surface area contributed by atoms with Crippen molar-refractivity contribution in [3.63, 3.8) is 0 Å². The molecule has 5 nitrogen and oxygen atoms in total. The lowest BCUT2D eigenvalue weighted by Crippen LogP contribution is -2.42. The van der Waals surface area contributed by atoms with Gasteiger partial charge in [-0.05, 0) is 40.8 Å². The van der Waals surface area contributed by atoms with E-state index in [1.807, 2.05) is 6.92 Å². The molecule has 0 aromatic carbocycles. The maximum atomic E-state index is 11.6. The molecule has 0 radical (unpaired) electrons. The Morgan fingerprint density at radius 3 is 2.83 bits per heavy atom. The van der Waals surface area contributed by atoms with Crippen LogP contribution < -0.4 is 5.32 Å².